The number of aliphatic carboxylic acids is 1. The quantitative estimate of drug-likeness (QED) is 0.0477. The summed E-state index contributed by atoms with van der Waals surface area (Å²) < 4.78 is 0. The second kappa shape index (κ2) is 13.9. The second-order valence-electron chi connectivity index (χ2n) is 8.85. The van der Waals surface area contributed by atoms with Gasteiger partial charge in [-0.15, -0.1) is 0 Å². The van der Waals surface area contributed by atoms with Crippen LogP contribution >= 0.6 is 0 Å². The molecule has 0 aromatic heterocycles. The fourth-order valence-corrected chi connectivity index (χ4v) is 3.94. The number of hydrogen-bond donors (Lipinski definition) is 8. The fraction of sp³-hybridized carbons (Fsp3) is 0.762. The molecule has 0 saturated carbocycles. The van der Waals surface area contributed by atoms with Crippen molar-refractivity contribution in [1.29, 1.82) is 0 Å². The van der Waals surface area contributed by atoms with E-state index >= 15 is 0 Å². The van der Waals surface area contributed by atoms with Crippen LogP contribution < -0.4 is 34.0 Å². The number of ketones is 1. The van der Waals surface area contributed by atoms with E-state index < -0.39 is 53.3 Å². The van der Waals surface area contributed by atoms with E-state index in [0.717, 1.165) is 0 Å². The van der Waals surface area contributed by atoms with Crippen molar-refractivity contribution in [3.05, 3.63) is 0 Å². The van der Waals surface area contributed by atoms with Crippen molar-refractivity contribution in [2.45, 2.75) is 81.6 Å². The van der Waals surface area contributed by atoms with Crippen LogP contribution in [0.5, 0.6) is 0 Å². The summed E-state index contributed by atoms with van der Waals surface area (Å²) in [6.07, 6.45) is 0.831. The van der Waals surface area contributed by atoms with Gasteiger partial charge in [-0.1, -0.05) is 0 Å². The average molecular weight is 501 g/mol. The molecule has 1 aliphatic heterocycles. The van der Waals surface area contributed by atoms with Gasteiger partial charge in [0.1, 0.15) is 12.1 Å². The number of carbonyl (C=O) groups excluding carboxylic acids is 3. The third-order valence-corrected chi connectivity index (χ3v) is 6.07. The Morgan fingerprint density at radius 3 is 2.40 bits per heavy atom. The first-order valence-electron chi connectivity index (χ1n) is 11.7. The third kappa shape index (κ3) is 8.42. The van der Waals surface area contributed by atoms with Crippen LogP contribution in [0, 0.1) is 0 Å². The molecule has 0 aromatic rings. The minimum Gasteiger partial charge on any atom is -0.480 e. The van der Waals surface area contributed by atoms with E-state index in [1.165, 1.54) is 11.8 Å². The fourth-order valence-electron chi connectivity index (χ4n) is 3.94. The highest BCUT2D eigenvalue weighted by Crippen LogP contribution is 2.26. The van der Waals surface area contributed by atoms with Crippen LogP contribution in [-0.4, -0.2) is 94.0 Å². The molecule has 13 N–H and O–H groups in total. The van der Waals surface area contributed by atoms with Crippen LogP contribution in [0.3, 0.4) is 0 Å². The summed E-state index contributed by atoms with van der Waals surface area (Å²) in [6, 6.07) is -3.33. The molecule has 35 heavy (non-hydrogen) atoms. The molecule has 1 saturated heterocycles. The van der Waals surface area contributed by atoms with Crippen molar-refractivity contribution < 1.29 is 29.4 Å². The number of nitrogens with one attached hydrogen (secondary N) is 1. The summed E-state index contributed by atoms with van der Waals surface area (Å²) in [5.74, 6) is -3.74. The number of hydrogen-bond acceptors (Lipinski definition) is 9. The van der Waals surface area contributed by atoms with Crippen LogP contribution in [0.25, 0.3) is 0 Å². The zero-order chi connectivity index (χ0) is 26.8. The zero-order valence-electron chi connectivity index (χ0n) is 20.2. The Kier molecular flexibility index (Phi) is 12.0. The molecule has 1 fully saturated rings. The number of aliphatic hydroxyl groups excluding tert-OH is 1. The van der Waals surface area contributed by atoms with Crippen LogP contribution in [0.15, 0.2) is 4.99 Å². The number of carboxylic acids is 1. The second-order valence-corrected chi connectivity index (χ2v) is 8.85. The van der Waals surface area contributed by atoms with Crippen LogP contribution in [0.1, 0.15) is 51.9 Å². The molecule has 200 valence electrons. The van der Waals surface area contributed by atoms with Crippen molar-refractivity contribution in [2.24, 2.45) is 33.7 Å². The van der Waals surface area contributed by atoms with Gasteiger partial charge in [0.25, 0.3) is 0 Å². The molecular formula is C21H40N8O6. The highest BCUT2D eigenvalue weighted by atomic mass is 16.4. The Balaban J connectivity index is 3.08. The molecule has 14 nitrogen and oxygen atoms in total. The van der Waals surface area contributed by atoms with E-state index in [9.17, 15) is 29.4 Å². The number of aliphatic imine (C=N–C) groups is 1. The molecule has 0 spiro atoms. The smallest absolute Gasteiger partial charge is 0.331 e. The van der Waals surface area contributed by atoms with Crippen molar-refractivity contribution in [2.75, 3.05) is 19.6 Å². The molecule has 0 radical (unpaired) electrons. The molecule has 5 atom stereocenters. The molecule has 2 amide bonds. The number of guanidine groups is 1. The van der Waals surface area contributed by atoms with E-state index in [-0.39, 0.29) is 44.7 Å². The molecule has 0 aliphatic carbocycles. The van der Waals surface area contributed by atoms with Gasteiger partial charge in [-0.05, 0) is 58.4 Å². The lowest BCUT2D eigenvalue weighted by molar-refractivity contribution is -0.152. The lowest BCUT2D eigenvalue weighted by atomic mass is 9.85. The van der Waals surface area contributed by atoms with Gasteiger partial charge in [0, 0.05) is 13.1 Å². The maximum absolute atomic E-state index is 13.4. The number of amides is 2. The van der Waals surface area contributed by atoms with E-state index in [4.69, 9.17) is 28.7 Å². The molecule has 1 heterocycles. The van der Waals surface area contributed by atoms with Crippen molar-refractivity contribution >= 4 is 29.5 Å². The topological polar surface area (TPSA) is 266 Å². The Labute approximate surface area is 204 Å². The maximum atomic E-state index is 13.4. The number of nitrogens with two attached hydrogens (primary N) is 5. The molecule has 1 rings (SSSR count). The minimum absolute atomic E-state index is 0.0912. The summed E-state index contributed by atoms with van der Waals surface area (Å²) in [6.45, 7) is 2.03. The van der Waals surface area contributed by atoms with Gasteiger partial charge < -0.3 is 49.1 Å². The maximum Gasteiger partial charge on any atom is 0.331 e. The van der Waals surface area contributed by atoms with Gasteiger partial charge in [0.2, 0.25) is 11.8 Å². The first-order valence-corrected chi connectivity index (χ1v) is 11.7. The van der Waals surface area contributed by atoms with Crippen molar-refractivity contribution in [3.63, 3.8) is 0 Å². The monoisotopic (exact) mass is 500 g/mol. The van der Waals surface area contributed by atoms with Gasteiger partial charge in [0.05, 0.1) is 12.1 Å². The summed E-state index contributed by atoms with van der Waals surface area (Å²) in [7, 11) is 0. The third-order valence-electron chi connectivity index (χ3n) is 6.07. The number of likely N-dealkylation sites (tertiary alicyclic amines) is 1. The van der Waals surface area contributed by atoms with Crippen molar-refractivity contribution in [3.8, 4) is 0 Å². The highest BCUT2D eigenvalue weighted by molar-refractivity contribution is 6.11. The SMILES string of the molecule is C[C@@H](O)[C@H](N)C(=O)N[C@@H](CCCCN)C(=O)N1CCC[C@H]1C(=O)[C@](N)(CCCN=C(N)N)C(=O)O. The van der Waals surface area contributed by atoms with Gasteiger partial charge in [-0.3, -0.25) is 19.4 Å². The number of rotatable bonds is 15. The minimum atomic E-state index is -2.24. The molecule has 1 aliphatic rings. The van der Waals surface area contributed by atoms with E-state index in [1.807, 2.05) is 0 Å². The Morgan fingerprint density at radius 1 is 1.20 bits per heavy atom. The van der Waals surface area contributed by atoms with Crippen LogP contribution in [0.4, 0.5) is 0 Å². The first-order chi connectivity index (χ1) is 16.4. The summed E-state index contributed by atoms with van der Waals surface area (Å²) in [5.41, 5.74) is 25.6. The largest absolute Gasteiger partial charge is 0.480 e. The van der Waals surface area contributed by atoms with Crippen molar-refractivity contribution in [1.82, 2.24) is 10.2 Å². The molecule has 0 unspecified atom stereocenters. The molecular weight excluding hydrogens is 460 g/mol. The standard InChI is InChI=1S/C21H40N8O6/c1-12(30)15(23)17(32)28-13(6-2-3-9-22)18(33)29-11-4-7-14(29)16(31)21(26,19(34)35)8-5-10-27-20(24)25/h12-15,30H,2-11,22-23,26H2,1H3,(H,28,32)(H,34,35)(H4,24,25,27)/t12-,13+,14+,15+,21-/m1/s1. The Bertz CT molecular complexity index is 788. The molecule has 0 aromatic carbocycles. The number of nitrogens with zero attached hydrogens (tertiary/aromatic N) is 2. The van der Waals surface area contributed by atoms with Crippen LogP contribution in [-0.2, 0) is 19.2 Å². The Morgan fingerprint density at radius 2 is 1.86 bits per heavy atom. The predicted molar refractivity (Wildman–Crippen MR) is 129 cm³/mol. The van der Waals surface area contributed by atoms with E-state index in [0.29, 0.717) is 25.8 Å². The predicted octanol–water partition coefficient (Wildman–Crippen LogP) is -3.30. The number of carboxylic acid groups (broad SMARTS) is 1. The number of unbranched alkanes of at least 4 members (excludes halogenated alkanes) is 1. The van der Waals surface area contributed by atoms with Gasteiger partial charge in [0.15, 0.2) is 17.3 Å². The summed E-state index contributed by atoms with van der Waals surface area (Å²) in [5, 5.41) is 21.9. The van der Waals surface area contributed by atoms with Crippen LogP contribution in [0.2, 0.25) is 0 Å². The normalized spacial score (nSPS) is 19.8. The number of aliphatic hydroxyl groups is 1. The summed E-state index contributed by atoms with van der Waals surface area (Å²) >= 11 is 0. The lowest BCUT2D eigenvalue weighted by Gasteiger charge is -2.33. The number of carbonyl (C=O) groups is 4. The molecule has 0 bridgehead atoms. The van der Waals surface area contributed by atoms with Gasteiger partial charge >= 0.3 is 5.97 Å². The summed E-state index contributed by atoms with van der Waals surface area (Å²) in [4.78, 5) is 56.2. The Hall–Kier alpha value is -2.81. The average Bonchev–Trinajstić information content (AvgIpc) is 3.28. The first kappa shape index (κ1) is 30.2. The van der Waals surface area contributed by atoms with Gasteiger partial charge in [-0.25, -0.2) is 4.79 Å². The number of Topliss-reactive ketones (excluding diaryl/α,β-unsaturated/α-hetero) is 1. The van der Waals surface area contributed by atoms with E-state index in [1.54, 1.807) is 0 Å². The zero-order valence-corrected chi connectivity index (χ0v) is 20.2. The van der Waals surface area contributed by atoms with E-state index in [2.05, 4.69) is 10.3 Å². The lowest BCUT2D eigenvalue weighted by Crippen LogP contribution is -2.62. The highest BCUT2D eigenvalue weighted by Gasteiger charge is 2.49. The molecule has 14 heteroatoms. The van der Waals surface area contributed by atoms with Gasteiger partial charge in [-0.2, -0.15) is 0 Å².